The molecule has 0 fully saturated rings. The van der Waals surface area contributed by atoms with Crippen LogP contribution >= 0.6 is 0 Å². The number of carboxylic acids is 1. The lowest BCUT2D eigenvalue weighted by Crippen LogP contribution is -2.53. The standard InChI is InChI=1S/C18H21NO2/c1-2-18(17(20)21,13-15-9-5-3-6-10-15)19-14-16-11-7-4-8-12-16/h3-12,19H,2,13-14H2,1H3,(H,20,21). The summed E-state index contributed by atoms with van der Waals surface area (Å²) in [6.45, 7) is 2.46. The van der Waals surface area contributed by atoms with E-state index in [9.17, 15) is 9.90 Å². The average molecular weight is 283 g/mol. The van der Waals surface area contributed by atoms with Crippen LogP contribution in [-0.2, 0) is 17.8 Å². The van der Waals surface area contributed by atoms with Crippen LogP contribution in [0.15, 0.2) is 60.7 Å². The van der Waals surface area contributed by atoms with Crippen LogP contribution < -0.4 is 5.32 Å². The smallest absolute Gasteiger partial charge is 0.324 e. The van der Waals surface area contributed by atoms with E-state index >= 15 is 0 Å². The van der Waals surface area contributed by atoms with Crippen molar-refractivity contribution in [1.29, 1.82) is 0 Å². The molecular weight excluding hydrogens is 262 g/mol. The van der Waals surface area contributed by atoms with E-state index in [1.165, 1.54) is 0 Å². The molecule has 3 heteroatoms. The highest BCUT2D eigenvalue weighted by molar-refractivity contribution is 5.79. The summed E-state index contributed by atoms with van der Waals surface area (Å²) >= 11 is 0. The molecule has 110 valence electrons. The molecule has 0 spiro atoms. The average Bonchev–Trinajstić information content (AvgIpc) is 2.53. The van der Waals surface area contributed by atoms with E-state index in [1.807, 2.05) is 67.6 Å². The zero-order valence-corrected chi connectivity index (χ0v) is 12.3. The zero-order chi connectivity index (χ0) is 15.1. The Kier molecular flexibility index (Phi) is 5.12. The first-order chi connectivity index (χ1) is 10.2. The Bertz CT molecular complexity index is 568. The lowest BCUT2D eigenvalue weighted by atomic mass is 9.88. The summed E-state index contributed by atoms with van der Waals surface area (Å²) in [4.78, 5) is 11.8. The fourth-order valence-corrected chi connectivity index (χ4v) is 2.43. The molecule has 0 saturated carbocycles. The Morgan fingerprint density at radius 2 is 1.52 bits per heavy atom. The van der Waals surface area contributed by atoms with E-state index in [0.717, 1.165) is 11.1 Å². The summed E-state index contributed by atoms with van der Waals surface area (Å²) in [6, 6.07) is 19.6. The number of rotatable bonds is 7. The Labute approximate surface area is 125 Å². The second kappa shape index (κ2) is 7.04. The fraction of sp³-hybridized carbons (Fsp3) is 0.278. The van der Waals surface area contributed by atoms with Gasteiger partial charge in [0.05, 0.1) is 0 Å². The highest BCUT2D eigenvalue weighted by Gasteiger charge is 2.36. The van der Waals surface area contributed by atoms with Crippen LogP contribution in [0.3, 0.4) is 0 Å². The van der Waals surface area contributed by atoms with Crippen LogP contribution in [0.5, 0.6) is 0 Å². The van der Waals surface area contributed by atoms with E-state index in [2.05, 4.69) is 5.32 Å². The van der Waals surface area contributed by atoms with E-state index in [-0.39, 0.29) is 0 Å². The molecule has 21 heavy (non-hydrogen) atoms. The molecule has 3 nitrogen and oxygen atoms in total. The van der Waals surface area contributed by atoms with Crippen molar-refractivity contribution in [2.75, 3.05) is 0 Å². The number of nitrogens with one attached hydrogen (secondary N) is 1. The van der Waals surface area contributed by atoms with E-state index in [1.54, 1.807) is 0 Å². The van der Waals surface area contributed by atoms with Gasteiger partial charge in [-0.3, -0.25) is 10.1 Å². The van der Waals surface area contributed by atoms with Gasteiger partial charge in [-0.1, -0.05) is 67.6 Å². The monoisotopic (exact) mass is 283 g/mol. The van der Waals surface area contributed by atoms with Gasteiger partial charge in [0.25, 0.3) is 0 Å². The molecule has 0 bridgehead atoms. The SMILES string of the molecule is CCC(Cc1ccccc1)(NCc1ccccc1)C(=O)O. The second-order valence-electron chi connectivity index (χ2n) is 5.24. The van der Waals surface area contributed by atoms with E-state index in [0.29, 0.717) is 19.4 Å². The third-order valence-electron chi connectivity index (χ3n) is 3.84. The largest absolute Gasteiger partial charge is 0.480 e. The van der Waals surface area contributed by atoms with Crippen molar-refractivity contribution in [3.8, 4) is 0 Å². The van der Waals surface area contributed by atoms with Gasteiger partial charge in [0.2, 0.25) is 0 Å². The first-order valence-electron chi connectivity index (χ1n) is 7.22. The Balaban J connectivity index is 2.15. The summed E-state index contributed by atoms with van der Waals surface area (Å²) < 4.78 is 0. The number of carboxylic acid groups (broad SMARTS) is 1. The first kappa shape index (κ1) is 15.3. The lowest BCUT2D eigenvalue weighted by molar-refractivity contribution is -0.145. The van der Waals surface area contributed by atoms with Crippen molar-refractivity contribution in [3.63, 3.8) is 0 Å². The summed E-state index contributed by atoms with van der Waals surface area (Å²) in [5.74, 6) is -0.801. The van der Waals surface area contributed by atoms with Gasteiger partial charge in [0.1, 0.15) is 5.54 Å². The van der Waals surface area contributed by atoms with E-state index in [4.69, 9.17) is 0 Å². The van der Waals surface area contributed by atoms with Gasteiger partial charge in [0, 0.05) is 13.0 Å². The Morgan fingerprint density at radius 1 is 1.00 bits per heavy atom. The van der Waals surface area contributed by atoms with Gasteiger partial charge in [-0.05, 0) is 17.5 Å². The Morgan fingerprint density at radius 3 is 2.00 bits per heavy atom. The maximum Gasteiger partial charge on any atom is 0.324 e. The van der Waals surface area contributed by atoms with Crippen LogP contribution in [0.2, 0.25) is 0 Å². The maximum atomic E-state index is 11.8. The minimum atomic E-state index is -0.933. The van der Waals surface area contributed by atoms with Crippen LogP contribution in [-0.4, -0.2) is 16.6 Å². The minimum Gasteiger partial charge on any atom is -0.480 e. The molecule has 0 saturated heterocycles. The molecule has 0 aliphatic rings. The predicted octanol–water partition coefficient (Wildman–Crippen LogP) is 3.25. The van der Waals surface area contributed by atoms with Crippen molar-refractivity contribution in [1.82, 2.24) is 5.32 Å². The van der Waals surface area contributed by atoms with Crippen LogP contribution in [0, 0.1) is 0 Å². The van der Waals surface area contributed by atoms with Crippen LogP contribution in [0.4, 0.5) is 0 Å². The zero-order valence-electron chi connectivity index (χ0n) is 12.3. The molecule has 2 N–H and O–H groups in total. The molecule has 2 aromatic rings. The van der Waals surface area contributed by atoms with Crippen LogP contribution in [0.1, 0.15) is 24.5 Å². The maximum absolute atomic E-state index is 11.8. The van der Waals surface area contributed by atoms with Crippen LogP contribution in [0.25, 0.3) is 0 Å². The molecule has 2 rings (SSSR count). The number of carbonyl (C=O) groups is 1. The molecule has 2 aromatic carbocycles. The molecule has 1 atom stereocenters. The summed E-state index contributed by atoms with van der Waals surface area (Å²) in [5, 5.41) is 12.9. The molecule has 0 aliphatic carbocycles. The quantitative estimate of drug-likeness (QED) is 0.820. The first-order valence-corrected chi connectivity index (χ1v) is 7.22. The van der Waals surface area contributed by atoms with Gasteiger partial charge in [-0.25, -0.2) is 0 Å². The van der Waals surface area contributed by atoms with Gasteiger partial charge >= 0.3 is 5.97 Å². The van der Waals surface area contributed by atoms with Crippen molar-refractivity contribution in [2.24, 2.45) is 0 Å². The lowest BCUT2D eigenvalue weighted by Gasteiger charge is -2.30. The highest BCUT2D eigenvalue weighted by Crippen LogP contribution is 2.19. The van der Waals surface area contributed by atoms with Gasteiger partial charge in [-0.15, -0.1) is 0 Å². The topological polar surface area (TPSA) is 49.3 Å². The third kappa shape index (κ3) is 3.92. The van der Waals surface area contributed by atoms with Crippen molar-refractivity contribution >= 4 is 5.97 Å². The number of benzene rings is 2. The van der Waals surface area contributed by atoms with E-state index < -0.39 is 11.5 Å². The molecule has 0 aromatic heterocycles. The Hall–Kier alpha value is -2.13. The number of aliphatic carboxylic acids is 1. The van der Waals surface area contributed by atoms with Gasteiger partial charge in [0.15, 0.2) is 0 Å². The van der Waals surface area contributed by atoms with Gasteiger partial charge < -0.3 is 5.11 Å². The predicted molar refractivity (Wildman–Crippen MR) is 84.1 cm³/mol. The number of hydrogen-bond acceptors (Lipinski definition) is 2. The molecule has 1 unspecified atom stereocenters. The van der Waals surface area contributed by atoms with Gasteiger partial charge in [-0.2, -0.15) is 0 Å². The number of hydrogen-bond donors (Lipinski definition) is 2. The highest BCUT2D eigenvalue weighted by atomic mass is 16.4. The second-order valence-corrected chi connectivity index (χ2v) is 5.24. The summed E-state index contributed by atoms with van der Waals surface area (Å²) in [7, 11) is 0. The molecule has 0 radical (unpaired) electrons. The fourth-order valence-electron chi connectivity index (χ4n) is 2.43. The third-order valence-corrected chi connectivity index (χ3v) is 3.84. The molecule has 0 aliphatic heterocycles. The van der Waals surface area contributed by atoms with Crippen molar-refractivity contribution in [2.45, 2.75) is 31.8 Å². The molecule has 0 amide bonds. The normalized spacial score (nSPS) is 13.6. The molecule has 0 heterocycles. The summed E-state index contributed by atoms with van der Waals surface area (Å²) in [5.41, 5.74) is 1.18. The van der Waals surface area contributed by atoms with Crippen molar-refractivity contribution < 1.29 is 9.90 Å². The minimum absolute atomic E-state index is 0.479. The summed E-state index contributed by atoms with van der Waals surface area (Å²) in [6.07, 6.45) is 1.01. The van der Waals surface area contributed by atoms with Crippen molar-refractivity contribution in [3.05, 3.63) is 71.8 Å². The molecular formula is C18H21NO2.